The van der Waals surface area contributed by atoms with Crippen molar-refractivity contribution >= 4 is 0 Å². The highest BCUT2D eigenvalue weighted by atomic mass is 16.3. The van der Waals surface area contributed by atoms with Gasteiger partial charge in [-0.15, -0.1) is 0 Å². The smallest absolute Gasteiger partial charge is 0.0650 e. The molecule has 0 aromatic carbocycles. The van der Waals surface area contributed by atoms with E-state index in [1.807, 2.05) is 0 Å². The molecule has 0 saturated heterocycles. The summed E-state index contributed by atoms with van der Waals surface area (Å²) >= 11 is 0. The molecule has 2 aliphatic rings. The van der Waals surface area contributed by atoms with Crippen LogP contribution in [0, 0.1) is 17.8 Å². The number of rotatable bonds is 6. The first-order valence-corrected chi connectivity index (χ1v) is 8.43. The zero-order chi connectivity index (χ0) is 14.1. The second-order valence-corrected chi connectivity index (χ2v) is 6.87. The number of aliphatic hydroxyl groups excluding tert-OH is 1. The monoisotopic (exact) mass is 276 g/mol. The number of aromatic nitrogens is 2. The van der Waals surface area contributed by atoms with Gasteiger partial charge in [0.05, 0.1) is 17.8 Å². The van der Waals surface area contributed by atoms with Gasteiger partial charge < -0.3 is 5.11 Å². The zero-order valence-corrected chi connectivity index (χ0v) is 12.8. The molecule has 1 aromatic rings. The summed E-state index contributed by atoms with van der Waals surface area (Å²) in [6.45, 7) is 4.42. The Morgan fingerprint density at radius 3 is 2.70 bits per heavy atom. The number of fused-ring (bicyclic) bond motifs is 2. The third-order valence-electron chi connectivity index (χ3n) is 5.69. The molecule has 3 heteroatoms. The van der Waals surface area contributed by atoms with E-state index in [9.17, 15) is 5.11 Å². The highest BCUT2D eigenvalue weighted by molar-refractivity contribution is 5.04. The average Bonchev–Trinajstić information content (AvgIpc) is 3.16. The Morgan fingerprint density at radius 1 is 1.30 bits per heavy atom. The SMILES string of the molecule is CCC(CC)n1ccc(CC(O)C2CC3CCC2C3)n1. The molecule has 3 nitrogen and oxygen atoms in total. The number of nitrogens with zero attached hydrogens (tertiary/aromatic N) is 2. The maximum atomic E-state index is 10.5. The molecule has 0 radical (unpaired) electrons. The summed E-state index contributed by atoms with van der Waals surface area (Å²) in [5.41, 5.74) is 1.06. The van der Waals surface area contributed by atoms with Crippen molar-refractivity contribution in [1.29, 1.82) is 0 Å². The zero-order valence-electron chi connectivity index (χ0n) is 12.8. The van der Waals surface area contributed by atoms with Gasteiger partial charge in [0.25, 0.3) is 0 Å². The quantitative estimate of drug-likeness (QED) is 0.862. The molecule has 1 aromatic heterocycles. The Balaban J connectivity index is 1.60. The van der Waals surface area contributed by atoms with E-state index in [0.717, 1.165) is 36.8 Å². The molecular formula is C17H28N2O. The van der Waals surface area contributed by atoms with Crippen molar-refractivity contribution in [2.24, 2.45) is 17.8 Å². The van der Waals surface area contributed by atoms with Crippen LogP contribution in [0.15, 0.2) is 12.3 Å². The summed E-state index contributed by atoms with van der Waals surface area (Å²) in [5, 5.41) is 15.2. The predicted molar refractivity (Wildman–Crippen MR) is 80.5 cm³/mol. The fourth-order valence-electron chi connectivity index (χ4n) is 4.48. The molecule has 20 heavy (non-hydrogen) atoms. The largest absolute Gasteiger partial charge is 0.392 e. The molecule has 0 amide bonds. The lowest BCUT2D eigenvalue weighted by atomic mass is 9.83. The maximum Gasteiger partial charge on any atom is 0.0650 e. The summed E-state index contributed by atoms with van der Waals surface area (Å²) in [6, 6.07) is 2.60. The molecule has 0 aliphatic heterocycles. The van der Waals surface area contributed by atoms with Crippen LogP contribution in [-0.4, -0.2) is 21.0 Å². The van der Waals surface area contributed by atoms with Crippen LogP contribution >= 0.6 is 0 Å². The van der Waals surface area contributed by atoms with E-state index < -0.39 is 0 Å². The summed E-state index contributed by atoms with van der Waals surface area (Å²) < 4.78 is 2.09. The highest BCUT2D eigenvalue weighted by Crippen LogP contribution is 2.49. The van der Waals surface area contributed by atoms with Crippen LogP contribution in [0.1, 0.15) is 64.1 Å². The second-order valence-electron chi connectivity index (χ2n) is 6.87. The van der Waals surface area contributed by atoms with Crippen LogP contribution in [0.3, 0.4) is 0 Å². The molecule has 0 spiro atoms. The second kappa shape index (κ2) is 5.88. The van der Waals surface area contributed by atoms with Crippen molar-refractivity contribution in [3.8, 4) is 0 Å². The highest BCUT2D eigenvalue weighted by Gasteiger charge is 2.42. The first-order chi connectivity index (χ1) is 9.71. The van der Waals surface area contributed by atoms with Gasteiger partial charge in [-0.1, -0.05) is 20.3 Å². The molecule has 4 unspecified atom stereocenters. The predicted octanol–water partition coefficient (Wildman–Crippen LogP) is 3.58. The summed E-state index contributed by atoms with van der Waals surface area (Å²) in [4.78, 5) is 0. The van der Waals surface area contributed by atoms with Crippen molar-refractivity contribution in [3.05, 3.63) is 18.0 Å². The van der Waals surface area contributed by atoms with E-state index in [1.54, 1.807) is 0 Å². The number of hydrogen-bond donors (Lipinski definition) is 1. The summed E-state index contributed by atoms with van der Waals surface area (Å²) in [5.74, 6) is 2.23. The van der Waals surface area contributed by atoms with Crippen molar-refractivity contribution in [1.82, 2.24) is 9.78 Å². The van der Waals surface area contributed by atoms with E-state index in [2.05, 4.69) is 35.9 Å². The number of hydrogen-bond acceptors (Lipinski definition) is 2. The first kappa shape index (κ1) is 14.1. The van der Waals surface area contributed by atoms with Crippen LogP contribution in [0.2, 0.25) is 0 Å². The van der Waals surface area contributed by atoms with E-state index >= 15 is 0 Å². The molecule has 4 atom stereocenters. The van der Waals surface area contributed by atoms with Gasteiger partial charge in [-0.2, -0.15) is 5.10 Å². The molecule has 2 bridgehead atoms. The van der Waals surface area contributed by atoms with E-state index in [1.165, 1.54) is 25.7 Å². The fourth-order valence-corrected chi connectivity index (χ4v) is 4.48. The van der Waals surface area contributed by atoms with Crippen molar-refractivity contribution in [3.63, 3.8) is 0 Å². The lowest BCUT2D eigenvalue weighted by molar-refractivity contribution is 0.0741. The minimum absolute atomic E-state index is 0.185. The van der Waals surface area contributed by atoms with Crippen molar-refractivity contribution < 1.29 is 5.11 Å². The Morgan fingerprint density at radius 2 is 2.10 bits per heavy atom. The minimum Gasteiger partial charge on any atom is -0.392 e. The van der Waals surface area contributed by atoms with Gasteiger partial charge in [-0.05, 0) is 55.9 Å². The molecule has 112 valence electrons. The lowest BCUT2D eigenvalue weighted by Gasteiger charge is -2.26. The van der Waals surface area contributed by atoms with Gasteiger partial charge in [0.1, 0.15) is 0 Å². The Bertz CT molecular complexity index is 438. The molecule has 2 aliphatic carbocycles. The first-order valence-electron chi connectivity index (χ1n) is 8.43. The van der Waals surface area contributed by atoms with E-state index in [0.29, 0.717) is 12.0 Å². The van der Waals surface area contributed by atoms with Gasteiger partial charge in [0, 0.05) is 12.6 Å². The van der Waals surface area contributed by atoms with Crippen LogP contribution < -0.4 is 0 Å². The van der Waals surface area contributed by atoms with E-state index in [4.69, 9.17) is 0 Å². The normalized spacial score (nSPS) is 30.3. The van der Waals surface area contributed by atoms with Crippen molar-refractivity contribution in [2.45, 2.75) is 70.9 Å². The molecule has 1 N–H and O–H groups in total. The minimum atomic E-state index is -0.185. The molecule has 2 fully saturated rings. The average molecular weight is 276 g/mol. The fraction of sp³-hybridized carbons (Fsp3) is 0.824. The molecular weight excluding hydrogens is 248 g/mol. The molecule has 2 saturated carbocycles. The Kier molecular flexibility index (Phi) is 4.16. The summed E-state index contributed by atoms with van der Waals surface area (Å²) in [7, 11) is 0. The van der Waals surface area contributed by atoms with Crippen LogP contribution in [0.25, 0.3) is 0 Å². The molecule has 1 heterocycles. The van der Waals surface area contributed by atoms with Crippen LogP contribution in [0.4, 0.5) is 0 Å². The van der Waals surface area contributed by atoms with Gasteiger partial charge in [-0.25, -0.2) is 0 Å². The van der Waals surface area contributed by atoms with Crippen LogP contribution in [-0.2, 0) is 6.42 Å². The van der Waals surface area contributed by atoms with Crippen LogP contribution in [0.5, 0.6) is 0 Å². The maximum absolute atomic E-state index is 10.5. The van der Waals surface area contributed by atoms with E-state index in [-0.39, 0.29) is 6.10 Å². The third kappa shape index (κ3) is 2.65. The van der Waals surface area contributed by atoms with Crippen molar-refractivity contribution in [2.75, 3.05) is 0 Å². The van der Waals surface area contributed by atoms with Gasteiger partial charge in [0.15, 0.2) is 0 Å². The molecule has 3 rings (SSSR count). The van der Waals surface area contributed by atoms with Gasteiger partial charge in [-0.3, -0.25) is 4.68 Å². The summed E-state index contributed by atoms with van der Waals surface area (Å²) in [6.07, 6.45) is 10.2. The van der Waals surface area contributed by atoms with Gasteiger partial charge >= 0.3 is 0 Å². The van der Waals surface area contributed by atoms with Gasteiger partial charge in [0.2, 0.25) is 0 Å². The Hall–Kier alpha value is -0.830. The lowest BCUT2D eigenvalue weighted by Crippen LogP contribution is -2.27. The number of aliphatic hydroxyl groups is 1. The Labute approximate surface area is 122 Å². The standard InChI is InChI=1S/C17H28N2O/c1-3-15(4-2)19-8-7-14(18-19)11-17(20)16-10-12-5-6-13(16)9-12/h7-8,12-13,15-17,20H,3-6,9-11H2,1-2H3. The topological polar surface area (TPSA) is 38.0 Å². The third-order valence-corrected chi connectivity index (χ3v) is 5.69.